The predicted molar refractivity (Wildman–Crippen MR) is 91.4 cm³/mol. The number of rotatable bonds is 5. The Bertz CT molecular complexity index is 259. The van der Waals surface area contributed by atoms with Crippen LogP contribution in [-0.2, 0) is 0 Å². The van der Waals surface area contributed by atoms with Crippen molar-refractivity contribution in [2.45, 2.75) is 69.4 Å². The van der Waals surface area contributed by atoms with Gasteiger partial charge in [-0.1, -0.05) is 46.5 Å². The van der Waals surface area contributed by atoms with Gasteiger partial charge in [0.25, 0.3) is 0 Å². The monoisotopic (exact) mass is 301 g/mol. The fraction of sp³-hybridized carbons (Fsp3) is 1.00. The third-order valence-corrected chi connectivity index (χ3v) is 8.20. The van der Waals surface area contributed by atoms with Gasteiger partial charge in [-0.3, -0.25) is 0 Å². The van der Waals surface area contributed by atoms with Gasteiger partial charge < -0.3 is 5.32 Å². The number of hydrogen-bond donors (Lipinski definition) is 1. The zero-order valence-corrected chi connectivity index (χ0v) is 14.5. The maximum Gasteiger partial charge on any atom is 0.0320 e. The summed E-state index contributed by atoms with van der Waals surface area (Å²) in [5.41, 5.74) is 0. The molecule has 19 heavy (non-hydrogen) atoms. The van der Waals surface area contributed by atoms with Crippen molar-refractivity contribution in [1.29, 1.82) is 0 Å². The van der Waals surface area contributed by atoms with Crippen LogP contribution >= 0.6 is 23.5 Å². The van der Waals surface area contributed by atoms with E-state index in [0.29, 0.717) is 0 Å². The van der Waals surface area contributed by atoms with Crippen LogP contribution in [0.3, 0.4) is 0 Å². The first-order valence-corrected chi connectivity index (χ1v) is 10.3. The molecule has 1 aliphatic carbocycles. The van der Waals surface area contributed by atoms with Gasteiger partial charge in [-0.05, 0) is 24.8 Å². The molecule has 3 heteroatoms. The highest BCUT2D eigenvalue weighted by Crippen LogP contribution is 2.41. The van der Waals surface area contributed by atoms with Crippen LogP contribution < -0.4 is 5.32 Å². The molecule has 0 aromatic heterocycles. The first-order valence-electron chi connectivity index (χ1n) is 8.24. The maximum atomic E-state index is 3.88. The Labute approximate surface area is 128 Å². The van der Waals surface area contributed by atoms with Crippen molar-refractivity contribution in [3.63, 3.8) is 0 Å². The summed E-state index contributed by atoms with van der Waals surface area (Å²) in [5, 5.41) is 5.53. The van der Waals surface area contributed by atoms with Gasteiger partial charge in [-0.2, -0.15) is 23.5 Å². The Morgan fingerprint density at radius 1 is 1.11 bits per heavy atom. The fourth-order valence-corrected chi connectivity index (χ4v) is 7.03. The maximum absolute atomic E-state index is 3.88. The van der Waals surface area contributed by atoms with Crippen molar-refractivity contribution in [3.05, 3.63) is 0 Å². The molecular formula is C16H31NS2. The van der Waals surface area contributed by atoms with E-state index < -0.39 is 0 Å². The minimum atomic E-state index is 0.753. The molecule has 0 bridgehead atoms. The molecule has 0 aromatic rings. The van der Waals surface area contributed by atoms with E-state index in [1.54, 1.807) is 0 Å². The highest BCUT2D eigenvalue weighted by Gasteiger charge is 2.38. The Kier molecular flexibility index (Phi) is 6.91. The minimum Gasteiger partial charge on any atom is -0.313 e. The number of nitrogens with one attached hydrogen (secondary N) is 1. The van der Waals surface area contributed by atoms with Crippen LogP contribution in [0.15, 0.2) is 0 Å². The first-order chi connectivity index (χ1) is 9.27. The summed E-state index contributed by atoms with van der Waals surface area (Å²) in [4.78, 5) is 0. The summed E-state index contributed by atoms with van der Waals surface area (Å²) in [6.07, 6.45) is 7.25. The molecule has 0 spiro atoms. The van der Waals surface area contributed by atoms with Gasteiger partial charge in [0.05, 0.1) is 0 Å². The molecule has 112 valence electrons. The third kappa shape index (κ3) is 4.07. The Morgan fingerprint density at radius 3 is 2.53 bits per heavy atom. The number of hydrogen-bond acceptors (Lipinski definition) is 3. The molecule has 1 heterocycles. The molecule has 1 saturated carbocycles. The van der Waals surface area contributed by atoms with Crippen molar-refractivity contribution in [2.75, 3.05) is 18.1 Å². The molecule has 1 nitrogen and oxygen atoms in total. The average molecular weight is 302 g/mol. The molecule has 2 rings (SSSR count). The second kappa shape index (κ2) is 8.19. The van der Waals surface area contributed by atoms with Crippen LogP contribution in [0.5, 0.6) is 0 Å². The Hall–Kier alpha value is 0.660. The van der Waals surface area contributed by atoms with Gasteiger partial charge in [0.2, 0.25) is 0 Å². The van der Waals surface area contributed by atoms with Crippen LogP contribution in [-0.4, -0.2) is 34.6 Å². The predicted octanol–water partition coefficient (Wildman–Crippen LogP) is 4.42. The molecule has 5 unspecified atom stereocenters. The van der Waals surface area contributed by atoms with E-state index in [0.717, 1.165) is 34.9 Å². The lowest BCUT2D eigenvalue weighted by Crippen LogP contribution is -2.51. The standard InChI is InChI=1S/C16H31NS2/c1-4-13-8-6-7-9-14(13)15(17-5-2)16-12(3)18-10-11-19-16/h12-17H,4-11H2,1-3H3. The van der Waals surface area contributed by atoms with Gasteiger partial charge in [-0.25, -0.2) is 0 Å². The normalized spacial score (nSPS) is 38.1. The lowest BCUT2D eigenvalue weighted by Gasteiger charge is -2.44. The summed E-state index contributed by atoms with van der Waals surface area (Å²) in [7, 11) is 0. The fourth-order valence-electron chi connectivity index (χ4n) is 4.01. The van der Waals surface area contributed by atoms with E-state index in [2.05, 4.69) is 49.6 Å². The lowest BCUT2D eigenvalue weighted by molar-refractivity contribution is 0.173. The van der Waals surface area contributed by atoms with E-state index in [4.69, 9.17) is 0 Å². The van der Waals surface area contributed by atoms with Gasteiger partial charge in [0.15, 0.2) is 0 Å². The summed E-state index contributed by atoms with van der Waals surface area (Å²) >= 11 is 4.43. The van der Waals surface area contributed by atoms with E-state index in [-0.39, 0.29) is 0 Å². The summed E-state index contributed by atoms with van der Waals surface area (Å²) in [5.74, 6) is 4.60. The second-order valence-corrected chi connectivity index (χ2v) is 8.88. The van der Waals surface area contributed by atoms with Crippen LogP contribution in [0.4, 0.5) is 0 Å². The van der Waals surface area contributed by atoms with E-state index in [1.165, 1.54) is 43.6 Å². The molecule has 2 aliphatic rings. The van der Waals surface area contributed by atoms with E-state index in [1.807, 2.05) is 0 Å². The molecule has 0 radical (unpaired) electrons. The second-order valence-electron chi connectivity index (χ2n) is 6.11. The molecule has 2 fully saturated rings. The molecule has 1 aliphatic heterocycles. The summed E-state index contributed by atoms with van der Waals surface area (Å²) < 4.78 is 0. The van der Waals surface area contributed by atoms with E-state index in [9.17, 15) is 0 Å². The van der Waals surface area contributed by atoms with E-state index >= 15 is 0 Å². The molecule has 0 amide bonds. The van der Waals surface area contributed by atoms with Crippen molar-refractivity contribution >= 4 is 23.5 Å². The highest BCUT2D eigenvalue weighted by atomic mass is 32.2. The lowest BCUT2D eigenvalue weighted by atomic mass is 9.73. The molecule has 0 aromatic carbocycles. The first kappa shape index (κ1) is 16.0. The SMILES string of the molecule is CCNC(C1CCCCC1CC)C1SCCSC1C. The summed E-state index contributed by atoms with van der Waals surface area (Å²) in [6.45, 7) is 8.27. The van der Waals surface area contributed by atoms with Crippen molar-refractivity contribution < 1.29 is 0 Å². The molecular weight excluding hydrogens is 270 g/mol. The topological polar surface area (TPSA) is 12.0 Å². The van der Waals surface area contributed by atoms with Gasteiger partial charge in [0, 0.05) is 28.0 Å². The zero-order chi connectivity index (χ0) is 13.7. The molecule has 1 saturated heterocycles. The van der Waals surface area contributed by atoms with Crippen molar-refractivity contribution in [3.8, 4) is 0 Å². The third-order valence-electron chi connectivity index (χ3n) is 4.98. The minimum absolute atomic E-state index is 0.753. The van der Waals surface area contributed by atoms with Crippen molar-refractivity contribution in [2.24, 2.45) is 11.8 Å². The molecule has 5 atom stereocenters. The summed E-state index contributed by atoms with van der Waals surface area (Å²) in [6, 6.07) is 0.753. The van der Waals surface area contributed by atoms with Crippen LogP contribution in [0.1, 0.15) is 52.9 Å². The highest BCUT2D eigenvalue weighted by molar-refractivity contribution is 8.07. The smallest absolute Gasteiger partial charge is 0.0320 e. The van der Waals surface area contributed by atoms with Gasteiger partial charge >= 0.3 is 0 Å². The molecule has 1 N–H and O–H groups in total. The average Bonchev–Trinajstić information content (AvgIpc) is 2.46. The van der Waals surface area contributed by atoms with Gasteiger partial charge in [0.1, 0.15) is 0 Å². The zero-order valence-electron chi connectivity index (χ0n) is 12.9. The van der Waals surface area contributed by atoms with Crippen LogP contribution in [0, 0.1) is 11.8 Å². The quantitative estimate of drug-likeness (QED) is 0.807. The Balaban J connectivity index is 2.08. The van der Waals surface area contributed by atoms with Crippen LogP contribution in [0.2, 0.25) is 0 Å². The van der Waals surface area contributed by atoms with Crippen molar-refractivity contribution in [1.82, 2.24) is 5.32 Å². The van der Waals surface area contributed by atoms with Gasteiger partial charge in [-0.15, -0.1) is 0 Å². The number of thioether (sulfide) groups is 2. The Morgan fingerprint density at radius 2 is 1.84 bits per heavy atom. The van der Waals surface area contributed by atoms with Crippen LogP contribution in [0.25, 0.3) is 0 Å². The largest absolute Gasteiger partial charge is 0.313 e.